The van der Waals surface area contributed by atoms with Gasteiger partial charge in [-0.15, -0.1) is 0 Å². The molecule has 0 bridgehead atoms. The molecule has 2 atom stereocenters. The zero-order valence-electron chi connectivity index (χ0n) is 17.3. The number of pyridine rings is 1. The Labute approximate surface area is 174 Å². The summed E-state index contributed by atoms with van der Waals surface area (Å²) in [5.41, 5.74) is 2.20. The molecule has 6 nitrogen and oxygen atoms in total. The fourth-order valence-electron chi connectivity index (χ4n) is 4.80. The van der Waals surface area contributed by atoms with Gasteiger partial charge in [0.25, 0.3) is 0 Å². The Hall–Kier alpha value is -1.73. The summed E-state index contributed by atoms with van der Waals surface area (Å²) in [6, 6.07) is 5.93. The first-order valence-corrected chi connectivity index (χ1v) is 12.7. The summed E-state index contributed by atoms with van der Waals surface area (Å²) in [5, 5.41) is 7.56. The molecule has 29 heavy (non-hydrogen) atoms. The van der Waals surface area contributed by atoms with Crippen LogP contribution in [0.15, 0.2) is 36.8 Å². The van der Waals surface area contributed by atoms with Crippen molar-refractivity contribution < 1.29 is 8.42 Å². The number of sulfone groups is 1. The lowest BCUT2D eigenvalue weighted by atomic mass is 9.91. The molecule has 2 aliphatic carbocycles. The van der Waals surface area contributed by atoms with Gasteiger partial charge in [0, 0.05) is 42.7 Å². The molecule has 158 valence electrons. The van der Waals surface area contributed by atoms with Crippen LogP contribution in [0, 0.1) is 17.3 Å². The first kappa shape index (κ1) is 20.5. The summed E-state index contributed by atoms with van der Waals surface area (Å²) in [4.78, 5) is 4.05. The average molecular weight is 417 g/mol. The highest BCUT2D eigenvalue weighted by Gasteiger charge is 2.49. The molecule has 2 saturated carbocycles. The van der Waals surface area contributed by atoms with Gasteiger partial charge in [-0.25, -0.2) is 8.42 Å². The van der Waals surface area contributed by atoms with Crippen molar-refractivity contribution in [3.05, 3.63) is 36.8 Å². The minimum atomic E-state index is -2.61. The summed E-state index contributed by atoms with van der Waals surface area (Å²) in [7, 11) is -2.61. The van der Waals surface area contributed by atoms with Gasteiger partial charge in [-0.2, -0.15) is 5.10 Å². The molecule has 2 aromatic heterocycles. The second-order valence-electron chi connectivity index (χ2n) is 8.94. The highest BCUT2D eigenvalue weighted by molar-refractivity contribution is 7.92. The maximum atomic E-state index is 10.8. The molecule has 1 spiro atoms. The monoisotopic (exact) mass is 416 g/mol. The number of nitrogens with zero attached hydrogens (tertiary/aromatic N) is 3. The normalized spacial score (nSPS) is 27.1. The van der Waals surface area contributed by atoms with Crippen LogP contribution in [0.1, 0.15) is 39.0 Å². The fraction of sp³-hybridized carbons (Fsp3) is 0.636. The summed E-state index contributed by atoms with van der Waals surface area (Å²) < 4.78 is 23.5. The predicted octanol–water partition coefficient (Wildman–Crippen LogP) is 3.17. The second kappa shape index (κ2) is 8.56. The van der Waals surface area contributed by atoms with E-state index in [1.165, 1.54) is 18.3 Å². The third-order valence-electron chi connectivity index (χ3n) is 6.53. The zero-order chi connectivity index (χ0) is 20.3. The average Bonchev–Trinajstić information content (AvgIpc) is 3.14. The molecule has 7 heteroatoms. The zero-order valence-corrected chi connectivity index (χ0v) is 18.1. The van der Waals surface area contributed by atoms with Crippen LogP contribution >= 0.6 is 0 Å². The van der Waals surface area contributed by atoms with Crippen molar-refractivity contribution in [2.75, 3.05) is 24.6 Å². The van der Waals surface area contributed by atoms with Crippen LogP contribution in [0.3, 0.4) is 0 Å². The summed E-state index contributed by atoms with van der Waals surface area (Å²) in [6.45, 7) is 4.88. The van der Waals surface area contributed by atoms with Gasteiger partial charge in [-0.3, -0.25) is 9.67 Å². The van der Waals surface area contributed by atoms with Crippen molar-refractivity contribution in [2.24, 2.45) is 17.3 Å². The number of hydrogen-bond acceptors (Lipinski definition) is 5. The number of aryl methyl sites for hydroxylation is 1. The van der Waals surface area contributed by atoms with Gasteiger partial charge < -0.3 is 5.32 Å². The highest BCUT2D eigenvalue weighted by Crippen LogP contribution is 2.51. The van der Waals surface area contributed by atoms with Crippen LogP contribution in [-0.2, 0) is 16.4 Å². The maximum absolute atomic E-state index is 10.8. The maximum Gasteiger partial charge on any atom is 0.151 e. The first-order chi connectivity index (χ1) is 14.0. The minimum Gasteiger partial charge on any atom is -0.316 e. The molecule has 4 heterocycles. The number of nitrogens with one attached hydrogen (secondary N) is 1. The Morgan fingerprint density at radius 3 is 2.48 bits per heavy atom. The third kappa shape index (κ3) is 5.25. The van der Waals surface area contributed by atoms with Gasteiger partial charge in [-0.1, -0.05) is 19.3 Å². The Balaban J connectivity index is 0.000000113. The molecule has 0 amide bonds. The van der Waals surface area contributed by atoms with E-state index in [0.717, 1.165) is 37.3 Å². The van der Waals surface area contributed by atoms with Crippen LogP contribution in [0.5, 0.6) is 0 Å². The van der Waals surface area contributed by atoms with E-state index in [1.54, 1.807) is 25.5 Å². The van der Waals surface area contributed by atoms with E-state index in [-0.39, 0.29) is 5.41 Å². The van der Waals surface area contributed by atoms with E-state index in [0.29, 0.717) is 11.5 Å². The van der Waals surface area contributed by atoms with Gasteiger partial charge in [0.2, 0.25) is 0 Å². The summed E-state index contributed by atoms with van der Waals surface area (Å²) >= 11 is 0. The van der Waals surface area contributed by atoms with Crippen LogP contribution in [0.4, 0.5) is 0 Å². The second-order valence-corrected chi connectivity index (χ2v) is 11.0. The van der Waals surface area contributed by atoms with E-state index in [9.17, 15) is 8.42 Å². The van der Waals surface area contributed by atoms with E-state index in [1.807, 2.05) is 35.3 Å². The number of fused-ring (bicyclic) bond motifs is 1. The lowest BCUT2D eigenvalue weighted by Gasteiger charge is -2.36. The Morgan fingerprint density at radius 2 is 2.03 bits per heavy atom. The van der Waals surface area contributed by atoms with Gasteiger partial charge in [0.05, 0.1) is 17.2 Å². The molecule has 1 N–H and O–H groups in total. The quantitative estimate of drug-likeness (QED) is 0.814. The first-order valence-electron chi connectivity index (χ1n) is 10.8. The molecule has 2 aromatic rings. The van der Waals surface area contributed by atoms with Crippen molar-refractivity contribution in [1.82, 2.24) is 20.1 Å². The lowest BCUT2D eigenvalue weighted by Crippen LogP contribution is -2.49. The van der Waals surface area contributed by atoms with Crippen molar-refractivity contribution in [3.63, 3.8) is 0 Å². The Kier molecular flexibility index (Phi) is 6.06. The standard InChI is InChI=1S/C10H11N3.C6H11NO2S.C6H10/c1-2-13-7-5-10(12-13)9-4-3-6-11-8-9;8-10(9)4-6(5-10)1-2-7-3-6;1-2-5-4-6(5)3-1/h3-8H,2H2,1H3;7H,1-5H2;5-6H,1-4H2/t;;5-,6+. The van der Waals surface area contributed by atoms with Crippen LogP contribution < -0.4 is 5.32 Å². The van der Waals surface area contributed by atoms with E-state index < -0.39 is 9.84 Å². The van der Waals surface area contributed by atoms with E-state index in [4.69, 9.17) is 0 Å². The smallest absolute Gasteiger partial charge is 0.151 e. The Morgan fingerprint density at radius 1 is 1.24 bits per heavy atom. The molecule has 6 rings (SSSR count). The van der Waals surface area contributed by atoms with Crippen molar-refractivity contribution in [3.8, 4) is 11.3 Å². The molecular formula is C22H32N4O2S. The molecular weight excluding hydrogens is 384 g/mol. The Bertz CT molecular complexity index is 882. The van der Waals surface area contributed by atoms with Gasteiger partial charge in [0.1, 0.15) is 0 Å². The molecule has 4 fully saturated rings. The van der Waals surface area contributed by atoms with E-state index in [2.05, 4.69) is 22.3 Å². The van der Waals surface area contributed by atoms with Crippen molar-refractivity contribution in [2.45, 2.75) is 45.6 Å². The minimum absolute atomic E-state index is 0.152. The van der Waals surface area contributed by atoms with Gasteiger partial charge in [0.15, 0.2) is 9.84 Å². The molecule has 0 unspecified atom stereocenters. The fourth-order valence-corrected chi connectivity index (χ4v) is 7.07. The third-order valence-corrected chi connectivity index (χ3v) is 8.63. The SMILES string of the molecule is C1C[C@@H]2C[C@@H]2C1.CCn1ccc(-c2cccnc2)n1.O=S1(=O)CC2(CCNC2)C1. The van der Waals surface area contributed by atoms with Gasteiger partial charge >= 0.3 is 0 Å². The predicted molar refractivity (Wildman–Crippen MR) is 115 cm³/mol. The lowest BCUT2D eigenvalue weighted by molar-refractivity contribution is 0.370. The van der Waals surface area contributed by atoms with Gasteiger partial charge in [-0.05, 0) is 56.3 Å². The van der Waals surface area contributed by atoms with Crippen LogP contribution in [0.2, 0.25) is 0 Å². The molecule has 0 radical (unpaired) electrons. The molecule has 4 aliphatic rings. The van der Waals surface area contributed by atoms with Crippen molar-refractivity contribution in [1.29, 1.82) is 0 Å². The van der Waals surface area contributed by atoms with E-state index >= 15 is 0 Å². The summed E-state index contributed by atoms with van der Waals surface area (Å²) in [5.74, 6) is 3.27. The molecule has 2 aliphatic heterocycles. The molecule has 0 aromatic carbocycles. The van der Waals surface area contributed by atoms with Crippen LogP contribution in [0.25, 0.3) is 11.3 Å². The number of hydrogen-bond donors (Lipinski definition) is 1. The van der Waals surface area contributed by atoms with Crippen LogP contribution in [-0.4, -0.2) is 47.8 Å². The number of aromatic nitrogens is 3. The number of rotatable bonds is 2. The van der Waals surface area contributed by atoms with Crippen molar-refractivity contribution >= 4 is 9.84 Å². The largest absolute Gasteiger partial charge is 0.316 e. The topological polar surface area (TPSA) is 76.9 Å². The molecule has 2 saturated heterocycles. The summed E-state index contributed by atoms with van der Waals surface area (Å²) in [6.07, 6.45) is 12.8. The highest BCUT2D eigenvalue weighted by atomic mass is 32.2.